The Morgan fingerprint density at radius 3 is 2.29 bits per heavy atom. The van der Waals surface area contributed by atoms with Crippen LogP contribution in [0.15, 0.2) is 30.3 Å². The minimum atomic E-state index is -1.52. The lowest BCUT2D eigenvalue weighted by atomic mass is 10.2. The molecular formula is C14H8ClF3O3. The second kappa shape index (κ2) is 6.05. The van der Waals surface area contributed by atoms with Gasteiger partial charge in [-0.05, 0) is 30.3 Å². The highest BCUT2D eigenvalue weighted by Crippen LogP contribution is 2.28. The molecule has 0 aromatic heterocycles. The lowest BCUT2D eigenvalue weighted by Gasteiger charge is -2.09. The quantitative estimate of drug-likeness (QED) is 0.488. The second-order valence-corrected chi connectivity index (χ2v) is 4.35. The molecule has 0 bridgehead atoms. The molecule has 2 rings (SSSR count). The van der Waals surface area contributed by atoms with Crippen LogP contribution in [0, 0.1) is 17.5 Å². The monoisotopic (exact) mass is 316 g/mol. The minimum Gasteiger partial charge on any atom is -0.491 e. The molecular weight excluding hydrogens is 309 g/mol. The summed E-state index contributed by atoms with van der Waals surface area (Å²) in [6, 6.07) is 6.05. The maximum Gasteiger partial charge on any atom is 0.346 e. The van der Waals surface area contributed by atoms with Gasteiger partial charge in [0.1, 0.15) is 11.3 Å². The van der Waals surface area contributed by atoms with Gasteiger partial charge in [0.15, 0.2) is 17.4 Å². The van der Waals surface area contributed by atoms with Gasteiger partial charge in [0.05, 0.1) is 7.11 Å². The van der Waals surface area contributed by atoms with Crippen LogP contribution >= 0.6 is 11.6 Å². The number of carbonyl (C=O) groups is 1. The minimum absolute atomic E-state index is 0.0764. The molecule has 0 atom stereocenters. The van der Waals surface area contributed by atoms with Crippen molar-refractivity contribution in [3.05, 3.63) is 58.4 Å². The Bertz CT molecular complexity index is 687. The Balaban J connectivity index is 2.35. The third-order valence-electron chi connectivity index (χ3n) is 2.56. The molecule has 0 spiro atoms. The highest BCUT2D eigenvalue weighted by molar-refractivity contribution is 6.30. The van der Waals surface area contributed by atoms with Gasteiger partial charge in [-0.1, -0.05) is 11.6 Å². The molecule has 110 valence electrons. The van der Waals surface area contributed by atoms with Crippen LogP contribution in [0.2, 0.25) is 5.02 Å². The molecule has 0 aliphatic carbocycles. The maximum atomic E-state index is 13.9. The number of esters is 1. The highest BCUT2D eigenvalue weighted by Gasteiger charge is 2.24. The summed E-state index contributed by atoms with van der Waals surface area (Å²) in [7, 11) is 0.954. The topological polar surface area (TPSA) is 35.5 Å². The Morgan fingerprint density at radius 2 is 1.71 bits per heavy atom. The molecule has 0 saturated heterocycles. The summed E-state index contributed by atoms with van der Waals surface area (Å²) in [4.78, 5) is 11.8. The number of hydrogen-bond donors (Lipinski definition) is 0. The Morgan fingerprint density at radius 1 is 1.10 bits per heavy atom. The molecule has 0 unspecified atom stereocenters. The van der Waals surface area contributed by atoms with Crippen molar-refractivity contribution in [3.63, 3.8) is 0 Å². The zero-order valence-corrected chi connectivity index (χ0v) is 11.4. The van der Waals surface area contributed by atoms with Crippen LogP contribution < -0.4 is 9.47 Å². The van der Waals surface area contributed by atoms with Crippen LogP contribution in [0.1, 0.15) is 10.4 Å². The van der Waals surface area contributed by atoms with Crippen molar-refractivity contribution in [1.29, 1.82) is 0 Å². The van der Waals surface area contributed by atoms with E-state index in [2.05, 4.69) is 4.74 Å². The predicted molar refractivity (Wildman–Crippen MR) is 69.3 cm³/mol. The number of ether oxygens (including phenoxy) is 2. The Hall–Kier alpha value is -2.21. The zero-order chi connectivity index (χ0) is 15.6. The molecule has 3 nitrogen and oxygen atoms in total. The van der Waals surface area contributed by atoms with Crippen molar-refractivity contribution in [3.8, 4) is 11.5 Å². The van der Waals surface area contributed by atoms with Gasteiger partial charge in [-0.2, -0.15) is 4.39 Å². The lowest BCUT2D eigenvalue weighted by molar-refractivity contribution is 0.0728. The molecule has 0 heterocycles. The van der Waals surface area contributed by atoms with E-state index >= 15 is 0 Å². The van der Waals surface area contributed by atoms with Gasteiger partial charge in [-0.25, -0.2) is 13.6 Å². The van der Waals surface area contributed by atoms with Crippen LogP contribution in [0.3, 0.4) is 0 Å². The number of carbonyl (C=O) groups excluding carboxylic acids is 1. The van der Waals surface area contributed by atoms with E-state index in [0.717, 1.165) is 7.11 Å². The van der Waals surface area contributed by atoms with Crippen LogP contribution in [-0.4, -0.2) is 13.1 Å². The molecule has 0 amide bonds. The summed E-state index contributed by atoms with van der Waals surface area (Å²) in [5, 5.41) is 0.412. The first-order valence-corrected chi connectivity index (χ1v) is 6.01. The number of methoxy groups -OCH3 is 1. The van der Waals surface area contributed by atoms with Crippen LogP contribution in [0.4, 0.5) is 13.2 Å². The standard InChI is InChI=1S/C14H8ClF3O3/c1-20-13-11(17)9(6-10(16)12(13)18)14(19)21-8-4-2-7(15)3-5-8/h2-6H,1H3. The van der Waals surface area contributed by atoms with Crippen LogP contribution in [-0.2, 0) is 0 Å². The fourth-order valence-corrected chi connectivity index (χ4v) is 1.70. The molecule has 0 aliphatic rings. The summed E-state index contributed by atoms with van der Waals surface area (Å²) < 4.78 is 49.7. The molecule has 0 fully saturated rings. The maximum absolute atomic E-state index is 13.9. The molecule has 2 aromatic rings. The Kier molecular flexibility index (Phi) is 4.37. The van der Waals surface area contributed by atoms with Crippen LogP contribution in [0.5, 0.6) is 11.5 Å². The third kappa shape index (κ3) is 3.11. The molecule has 0 N–H and O–H groups in total. The van der Waals surface area contributed by atoms with E-state index in [-0.39, 0.29) is 5.75 Å². The fourth-order valence-electron chi connectivity index (χ4n) is 1.57. The number of halogens is 4. The van der Waals surface area contributed by atoms with E-state index in [1.807, 2.05) is 0 Å². The van der Waals surface area contributed by atoms with Gasteiger partial charge < -0.3 is 9.47 Å². The van der Waals surface area contributed by atoms with Crippen LogP contribution in [0.25, 0.3) is 0 Å². The average Bonchev–Trinajstić information content (AvgIpc) is 2.46. The summed E-state index contributed by atoms with van der Waals surface area (Å²) in [5.41, 5.74) is -0.777. The fraction of sp³-hybridized carbons (Fsp3) is 0.0714. The van der Waals surface area contributed by atoms with Crippen molar-refractivity contribution < 1.29 is 27.4 Å². The van der Waals surface area contributed by atoms with Gasteiger partial charge in [-0.15, -0.1) is 0 Å². The summed E-state index contributed by atoms with van der Waals surface area (Å²) in [5.74, 6) is -6.37. The average molecular weight is 317 g/mol. The van der Waals surface area contributed by atoms with Crippen molar-refractivity contribution in [1.82, 2.24) is 0 Å². The zero-order valence-electron chi connectivity index (χ0n) is 10.6. The molecule has 0 saturated carbocycles. The number of rotatable bonds is 3. The SMILES string of the molecule is COc1c(F)c(F)cc(C(=O)Oc2ccc(Cl)cc2)c1F. The van der Waals surface area contributed by atoms with E-state index in [0.29, 0.717) is 11.1 Å². The number of benzene rings is 2. The van der Waals surface area contributed by atoms with E-state index in [1.54, 1.807) is 0 Å². The first-order chi connectivity index (χ1) is 9.93. The summed E-state index contributed by atoms with van der Waals surface area (Å²) >= 11 is 5.66. The highest BCUT2D eigenvalue weighted by atomic mass is 35.5. The first kappa shape index (κ1) is 15.2. The third-order valence-corrected chi connectivity index (χ3v) is 2.82. The second-order valence-electron chi connectivity index (χ2n) is 3.91. The first-order valence-electron chi connectivity index (χ1n) is 5.63. The Labute approximate surface area is 122 Å². The summed E-state index contributed by atoms with van der Waals surface area (Å²) in [6.07, 6.45) is 0. The smallest absolute Gasteiger partial charge is 0.346 e. The van der Waals surface area contributed by atoms with Gasteiger partial charge in [-0.3, -0.25) is 0 Å². The van der Waals surface area contributed by atoms with Crippen molar-refractivity contribution in [2.24, 2.45) is 0 Å². The van der Waals surface area contributed by atoms with Gasteiger partial charge in [0.25, 0.3) is 0 Å². The summed E-state index contributed by atoms with van der Waals surface area (Å²) in [6.45, 7) is 0. The molecule has 0 radical (unpaired) electrons. The normalized spacial score (nSPS) is 10.3. The van der Waals surface area contributed by atoms with Crippen molar-refractivity contribution in [2.45, 2.75) is 0 Å². The molecule has 21 heavy (non-hydrogen) atoms. The van der Waals surface area contributed by atoms with Gasteiger partial charge in [0.2, 0.25) is 5.82 Å². The van der Waals surface area contributed by atoms with Gasteiger partial charge in [0, 0.05) is 5.02 Å². The van der Waals surface area contributed by atoms with Crippen molar-refractivity contribution >= 4 is 17.6 Å². The predicted octanol–water partition coefficient (Wildman–Crippen LogP) is 3.99. The van der Waals surface area contributed by atoms with Crippen molar-refractivity contribution in [2.75, 3.05) is 7.11 Å². The molecule has 7 heteroatoms. The molecule has 2 aromatic carbocycles. The number of hydrogen-bond acceptors (Lipinski definition) is 3. The van der Waals surface area contributed by atoms with Gasteiger partial charge >= 0.3 is 5.97 Å². The largest absolute Gasteiger partial charge is 0.491 e. The van der Waals surface area contributed by atoms with E-state index in [1.165, 1.54) is 24.3 Å². The molecule has 0 aliphatic heterocycles. The van der Waals surface area contributed by atoms with E-state index in [4.69, 9.17) is 16.3 Å². The lowest BCUT2D eigenvalue weighted by Crippen LogP contribution is -2.13. The van der Waals surface area contributed by atoms with E-state index < -0.39 is 34.7 Å². The van der Waals surface area contributed by atoms with E-state index in [9.17, 15) is 18.0 Å².